The molecule has 0 spiro atoms. The third kappa shape index (κ3) is 3.59. The molecule has 0 radical (unpaired) electrons. The maximum atomic E-state index is 12.7. The van der Waals surface area contributed by atoms with E-state index in [9.17, 15) is 32.9 Å². The molecule has 0 aliphatic heterocycles. The molecule has 0 atom stereocenters. The van der Waals surface area contributed by atoms with Gasteiger partial charge in [-0.25, -0.2) is 0 Å². The number of rotatable bonds is 4. The summed E-state index contributed by atoms with van der Waals surface area (Å²) in [6.07, 6.45) is -3.73. The fourth-order valence-corrected chi connectivity index (χ4v) is 2.06. The Morgan fingerprint density at radius 3 is 2.50 bits per heavy atom. The van der Waals surface area contributed by atoms with Crippen molar-refractivity contribution in [3.63, 3.8) is 0 Å². The van der Waals surface area contributed by atoms with Gasteiger partial charge in [0.2, 0.25) is 0 Å². The highest BCUT2D eigenvalue weighted by Crippen LogP contribution is 2.29. The molecule has 2 N–H and O–H groups in total. The number of pyridine rings is 1. The Morgan fingerprint density at radius 1 is 1.29 bits per heavy atom. The number of nitrogens with zero attached hydrogens (tertiary/aromatic N) is 2. The van der Waals surface area contributed by atoms with E-state index in [-0.39, 0.29) is 12.1 Å². The van der Waals surface area contributed by atoms with Crippen LogP contribution in [0.2, 0.25) is 0 Å². The number of primary amides is 1. The molecule has 24 heavy (non-hydrogen) atoms. The molecule has 0 unspecified atom stereocenters. The standard InChI is InChI=1S/C14H10F3N3O4/c15-14(16,17)9-3-1-2-8(4-9)6-19-7-10(20(23)24)5-11(12(18)21)13(19)22/h1-5,7H,6H2,(H2,18,21). The highest BCUT2D eigenvalue weighted by molar-refractivity contribution is 5.92. The van der Waals surface area contributed by atoms with Gasteiger partial charge in [0.05, 0.1) is 23.2 Å². The first-order chi connectivity index (χ1) is 11.1. The Morgan fingerprint density at radius 2 is 1.96 bits per heavy atom. The lowest BCUT2D eigenvalue weighted by Crippen LogP contribution is -2.30. The summed E-state index contributed by atoms with van der Waals surface area (Å²) in [7, 11) is 0. The van der Waals surface area contributed by atoms with Crippen LogP contribution in [-0.4, -0.2) is 15.4 Å². The normalized spacial score (nSPS) is 11.3. The van der Waals surface area contributed by atoms with Gasteiger partial charge in [0, 0.05) is 6.07 Å². The largest absolute Gasteiger partial charge is 0.416 e. The number of hydrogen-bond acceptors (Lipinski definition) is 4. The Labute approximate surface area is 132 Å². The highest BCUT2D eigenvalue weighted by atomic mass is 19.4. The summed E-state index contributed by atoms with van der Waals surface area (Å²) in [5, 5.41) is 10.9. The third-order valence-electron chi connectivity index (χ3n) is 3.16. The number of benzene rings is 1. The van der Waals surface area contributed by atoms with Crippen molar-refractivity contribution < 1.29 is 22.9 Å². The average molecular weight is 341 g/mol. The smallest absolute Gasteiger partial charge is 0.365 e. The average Bonchev–Trinajstić information content (AvgIpc) is 2.48. The third-order valence-corrected chi connectivity index (χ3v) is 3.16. The first kappa shape index (κ1) is 17.2. The molecule has 10 heteroatoms. The number of aromatic nitrogens is 1. The van der Waals surface area contributed by atoms with E-state index in [2.05, 4.69) is 0 Å². The summed E-state index contributed by atoms with van der Waals surface area (Å²) in [6, 6.07) is 4.87. The van der Waals surface area contributed by atoms with Crippen LogP contribution in [0.25, 0.3) is 0 Å². The van der Waals surface area contributed by atoms with Gasteiger partial charge >= 0.3 is 6.18 Å². The first-order valence-corrected chi connectivity index (χ1v) is 6.44. The number of hydrogen-bond donors (Lipinski definition) is 1. The number of alkyl halides is 3. The topological polar surface area (TPSA) is 108 Å². The highest BCUT2D eigenvalue weighted by Gasteiger charge is 2.30. The quantitative estimate of drug-likeness (QED) is 0.677. The van der Waals surface area contributed by atoms with Crippen LogP contribution in [0.5, 0.6) is 0 Å². The predicted octanol–water partition coefficient (Wildman–Crippen LogP) is 1.92. The molecule has 1 aromatic heterocycles. The second-order valence-electron chi connectivity index (χ2n) is 4.86. The van der Waals surface area contributed by atoms with Crippen molar-refractivity contribution in [3.8, 4) is 0 Å². The molecule has 0 fully saturated rings. The second kappa shape index (κ2) is 6.14. The number of nitrogens with two attached hydrogens (primary N) is 1. The van der Waals surface area contributed by atoms with E-state index in [1.165, 1.54) is 6.07 Å². The molecular weight excluding hydrogens is 331 g/mol. The molecule has 0 aliphatic carbocycles. The summed E-state index contributed by atoms with van der Waals surface area (Å²) in [5.41, 5.74) is 2.05. The zero-order chi connectivity index (χ0) is 18.1. The van der Waals surface area contributed by atoms with Gasteiger partial charge in [0.25, 0.3) is 17.2 Å². The molecule has 1 aromatic carbocycles. The Kier molecular flexibility index (Phi) is 4.40. The van der Waals surface area contributed by atoms with E-state index in [4.69, 9.17) is 5.73 Å². The van der Waals surface area contributed by atoms with Gasteiger partial charge in [-0.2, -0.15) is 13.2 Å². The first-order valence-electron chi connectivity index (χ1n) is 6.44. The van der Waals surface area contributed by atoms with Crippen LogP contribution in [0.3, 0.4) is 0 Å². The lowest BCUT2D eigenvalue weighted by atomic mass is 10.1. The second-order valence-corrected chi connectivity index (χ2v) is 4.86. The molecule has 0 bridgehead atoms. The molecule has 0 aliphatic rings. The summed E-state index contributed by atoms with van der Waals surface area (Å²) in [4.78, 5) is 33.3. The molecule has 0 saturated carbocycles. The molecule has 1 heterocycles. The Balaban J connectivity index is 2.52. The lowest BCUT2D eigenvalue weighted by molar-refractivity contribution is -0.385. The fourth-order valence-electron chi connectivity index (χ4n) is 2.06. The SMILES string of the molecule is NC(=O)c1cc([N+](=O)[O-])cn(Cc2cccc(C(F)(F)F)c2)c1=O. The van der Waals surface area contributed by atoms with Crippen LogP contribution < -0.4 is 11.3 Å². The predicted molar refractivity (Wildman–Crippen MR) is 76.4 cm³/mol. The molecule has 7 nitrogen and oxygen atoms in total. The van der Waals surface area contributed by atoms with Crippen molar-refractivity contribution in [2.24, 2.45) is 5.73 Å². The van der Waals surface area contributed by atoms with Gasteiger partial charge in [-0.1, -0.05) is 12.1 Å². The number of halogens is 3. The van der Waals surface area contributed by atoms with E-state index in [1.807, 2.05) is 0 Å². The maximum Gasteiger partial charge on any atom is 0.416 e. The van der Waals surface area contributed by atoms with Crippen molar-refractivity contribution in [1.82, 2.24) is 4.57 Å². The maximum absolute atomic E-state index is 12.7. The van der Waals surface area contributed by atoms with Crippen LogP contribution in [0.1, 0.15) is 21.5 Å². The van der Waals surface area contributed by atoms with Crippen LogP contribution in [0.4, 0.5) is 18.9 Å². The minimum atomic E-state index is -4.57. The zero-order valence-electron chi connectivity index (χ0n) is 11.9. The van der Waals surface area contributed by atoms with Crippen LogP contribution >= 0.6 is 0 Å². The molecule has 2 aromatic rings. The van der Waals surface area contributed by atoms with Gasteiger partial charge in [-0.05, 0) is 17.7 Å². The summed E-state index contributed by atoms with van der Waals surface area (Å²) >= 11 is 0. The molecule has 2 rings (SSSR count). The number of amides is 1. The summed E-state index contributed by atoms with van der Waals surface area (Å²) in [6.45, 7) is -0.384. The van der Waals surface area contributed by atoms with E-state index in [0.717, 1.165) is 35.0 Å². The number of nitro groups is 1. The number of carbonyl (C=O) groups is 1. The van der Waals surface area contributed by atoms with Gasteiger partial charge in [0.1, 0.15) is 5.56 Å². The summed E-state index contributed by atoms with van der Waals surface area (Å²) in [5.74, 6) is -1.17. The van der Waals surface area contributed by atoms with Gasteiger partial charge < -0.3 is 10.3 Å². The fraction of sp³-hybridized carbons (Fsp3) is 0.143. The van der Waals surface area contributed by atoms with Gasteiger partial charge in [-0.3, -0.25) is 19.7 Å². The monoisotopic (exact) mass is 341 g/mol. The molecule has 1 amide bonds. The van der Waals surface area contributed by atoms with Crippen molar-refractivity contribution in [2.45, 2.75) is 12.7 Å². The molecule has 126 valence electrons. The minimum Gasteiger partial charge on any atom is -0.365 e. The zero-order valence-corrected chi connectivity index (χ0v) is 11.9. The van der Waals surface area contributed by atoms with Gasteiger partial charge in [0.15, 0.2) is 0 Å². The molecular formula is C14H10F3N3O4. The van der Waals surface area contributed by atoms with Crippen LogP contribution in [0.15, 0.2) is 41.3 Å². The van der Waals surface area contributed by atoms with E-state index in [0.29, 0.717) is 0 Å². The van der Waals surface area contributed by atoms with Crippen LogP contribution in [-0.2, 0) is 12.7 Å². The van der Waals surface area contributed by atoms with Crippen LogP contribution in [0, 0.1) is 10.1 Å². The van der Waals surface area contributed by atoms with Crippen molar-refractivity contribution in [1.29, 1.82) is 0 Å². The molecule has 0 saturated heterocycles. The number of carbonyl (C=O) groups excluding carboxylic acids is 1. The van der Waals surface area contributed by atoms with Crippen molar-refractivity contribution >= 4 is 11.6 Å². The minimum absolute atomic E-state index is 0.0860. The Hall–Kier alpha value is -3.17. The van der Waals surface area contributed by atoms with E-state index in [1.54, 1.807) is 0 Å². The van der Waals surface area contributed by atoms with E-state index < -0.39 is 39.4 Å². The van der Waals surface area contributed by atoms with Crippen molar-refractivity contribution in [3.05, 3.63) is 73.7 Å². The van der Waals surface area contributed by atoms with Gasteiger partial charge in [-0.15, -0.1) is 0 Å². The van der Waals surface area contributed by atoms with E-state index >= 15 is 0 Å². The van der Waals surface area contributed by atoms with Crippen molar-refractivity contribution in [2.75, 3.05) is 0 Å². The lowest BCUT2D eigenvalue weighted by Gasteiger charge is -2.10. The summed E-state index contributed by atoms with van der Waals surface area (Å²) < 4.78 is 38.9. The Bertz CT molecular complexity index is 874.